The first kappa shape index (κ1) is 15.2. The summed E-state index contributed by atoms with van der Waals surface area (Å²) < 4.78 is 5.36. The molecule has 1 aliphatic heterocycles. The van der Waals surface area contributed by atoms with Crippen molar-refractivity contribution in [1.29, 1.82) is 0 Å². The van der Waals surface area contributed by atoms with Gasteiger partial charge in [-0.15, -0.1) is 0 Å². The van der Waals surface area contributed by atoms with Crippen LogP contribution >= 0.6 is 0 Å². The fraction of sp³-hybridized carbons (Fsp3) is 0.462. The lowest BCUT2D eigenvalue weighted by atomic mass is 9.91. The van der Waals surface area contributed by atoms with Crippen molar-refractivity contribution in [3.8, 4) is 5.75 Å². The number of benzene rings is 1. The maximum absolute atomic E-state index is 12.4. The summed E-state index contributed by atoms with van der Waals surface area (Å²) in [7, 11) is 1.46. The first-order valence-electron chi connectivity index (χ1n) is 6.53. The van der Waals surface area contributed by atoms with Crippen LogP contribution in [0.1, 0.15) is 12.8 Å². The summed E-state index contributed by atoms with van der Waals surface area (Å²) in [6.07, 6.45) is 0.982. The molecule has 8 nitrogen and oxygen atoms in total. The number of hydrogen-bond donors (Lipinski definition) is 3. The highest BCUT2D eigenvalue weighted by molar-refractivity contribution is 5.98. The number of anilines is 1. The molecule has 1 fully saturated rings. The summed E-state index contributed by atoms with van der Waals surface area (Å²) in [5, 5.41) is 26.1. The van der Waals surface area contributed by atoms with Gasteiger partial charge in [-0.2, -0.15) is 0 Å². The number of rotatable bonds is 4. The van der Waals surface area contributed by atoms with Crippen LogP contribution in [-0.2, 0) is 9.53 Å². The predicted molar refractivity (Wildman–Crippen MR) is 75.2 cm³/mol. The molecule has 0 aliphatic carbocycles. The maximum Gasteiger partial charge on any atom is 0.271 e. The van der Waals surface area contributed by atoms with E-state index < -0.39 is 16.4 Å². The van der Waals surface area contributed by atoms with Gasteiger partial charge in [-0.3, -0.25) is 14.9 Å². The number of piperidine rings is 1. The van der Waals surface area contributed by atoms with Crippen LogP contribution < -0.4 is 10.6 Å². The number of carbonyl (C=O) groups is 1. The fourth-order valence-corrected chi connectivity index (χ4v) is 2.33. The molecule has 3 N–H and O–H groups in total. The molecule has 1 aliphatic rings. The van der Waals surface area contributed by atoms with Gasteiger partial charge in [-0.1, -0.05) is 0 Å². The highest BCUT2D eigenvalue weighted by Gasteiger charge is 2.40. The van der Waals surface area contributed by atoms with E-state index in [4.69, 9.17) is 4.74 Å². The average Bonchev–Trinajstić information content (AvgIpc) is 2.49. The van der Waals surface area contributed by atoms with Gasteiger partial charge in [0.25, 0.3) is 11.6 Å². The second-order valence-corrected chi connectivity index (χ2v) is 4.86. The SMILES string of the molecule is COC1(C(=O)Nc2cc([N+](=O)[O-])ccc2O)CCNCC1. The lowest BCUT2D eigenvalue weighted by Crippen LogP contribution is -2.51. The third-order valence-electron chi connectivity index (χ3n) is 3.65. The molecule has 0 radical (unpaired) electrons. The van der Waals surface area contributed by atoms with E-state index in [0.717, 1.165) is 6.07 Å². The van der Waals surface area contributed by atoms with Crippen molar-refractivity contribution in [3.05, 3.63) is 28.3 Å². The second-order valence-electron chi connectivity index (χ2n) is 4.86. The Balaban J connectivity index is 2.22. The molecule has 21 heavy (non-hydrogen) atoms. The van der Waals surface area contributed by atoms with E-state index in [1.54, 1.807) is 0 Å². The molecule has 0 spiro atoms. The molecule has 8 heteroatoms. The van der Waals surface area contributed by atoms with Gasteiger partial charge in [-0.25, -0.2) is 0 Å². The van der Waals surface area contributed by atoms with E-state index in [2.05, 4.69) is 10.6 Å². The molecule has 1 heterocycles. The monoisotopic (exact) mass is 295 g/mol. The van der Waals surface area contributed by atoms with E-state index in [1.165, 1.54) is 19.2 Å². The molecule has 0 aromatic heterocycles. The van der Waals surface area contributed by atoms with Crippen molar-refractivity contribution < 1.29 is 19.6 Å². The van der Waals surface area contributed by atoms with Gasteiger partial charge >= 0.3 is 0 Å². The van der Waals surface area contributed by atoms with Crippen LogP contribution in [0.25, 0.3) is 0 Å². The Morgan fingerprint density at radius 1 is 1.48 bits per heavy atom. The van der Waals surface area contributed by atoms with Gasteiger partial charge in [0, 0.05) is 19.2 Å². The number of hydrogen-bond acceptors (Lipinski definition) is 6. The number of methoxy groups -OCH3 is 1. The van der Waals surface area contributed by atoms with Crippen molar-refractivity contribution in [2.75, 3.05) is 25.5 Å². The molecule has 114 valence electrons. The number of nitro benzene ring substituents is 1. The number of aromatic hydroxyl groups is 1. The highest BCUT2D eigenvalue weighted by Crippen LogP contribution is 2.30. The molecule has 1 amide bonds. The zero-order valence-electron chi connectivity index (χ0n) is 11.6. The predicted octanol–water partition coefficient (Wildman–Crippen LogP) is 1.01. The zero-order chi connectivity index (χ0) is 15.5. The van der Waals surface area contributed by atoms with Crippen LogP contribution in [0.15, 0.2) is 18.2 Å². The number of amides is 1. The van der Waals surface area contributed by atoms with Crippen LogP contribution in [0.2, 0.25) is 0 Å². The Morgan fingerprint density at radius 3 is 2.71 bits per heavy atom. The zero-order valence-corrected chi connectivity index (χ0v) is 11.6. The largest absolute Gasteiger partial charge is 0.506 e. The van der Waals surface area contributed by atoms with Gasteiger partial charge in [0.2, 0.25) is 0 Å². The van der Waals surface area contributed by atoms with Crippen molar-refractivity contribution in [1.82, 2.24) is 5.32 Å². The minimum absolute atomic E-state index is 0.00385. The van der Waals surface area contributed by atoms with Crippen molar-refractivity contribution in [3.63, 3.8) is 0 Å². The quantitative estimate of drug-likeness (QED) is 0.434. The fourth-order valence-electron chi connectivity index (χ4n) is 2.33. The van der Waals surface area contributed by atoms with E-state index in [9.17, 15) is 20.0 Å². The van der Waals surface area contributed by atoms with Gasteiger partial charge < -0.3 is 20.5 Å². The van der Waals surface area contributed by atoms with Crippen LogP contribution in [0.5, 0.6) is 5.75 Å². The number of ether oxygens (including phenoxy) is 1. The van der Waals surface area contributed by atoms with Gasteiger partial charge in [0.15, 0.2) is 0 Å². The number of non-ortho nitro benzene ring substituents is 1. The number of nitrogens with one attached hydrogen (secondary N) is 2. The van der Waals surface area contributed by atoms with Crippen molar-refractivity contribution in [2.45, 2.75) is 18.4 Å². The summed E-state index contributed by atoms with van der Waals surface area (Å²) in [5.74, 6) is -0.642. The Morgan fingerprint density at radius 2 is 2.14 bits per heavy atom. The Labute approximate surface area is 121 Å². The molecule has 0 saturated carbocycles. The molecule has 1 saturated heterocycles. The molecule has 1 aromatic rings. The number of nitro groups is 1. The molecule has 2 rings (SSSR count). The third-order valence-corrected chi connectivity index (χ3v) is 3.65. The van der Waals surface area contributed by atoms with E-state index >= 15 is 0 Å². The van der Waals surface area contributed by atoms with Crippen LogP contribution in [0.3, 0.4) is 0 Å². The minimum atomic E-state index is -0.984. The summed E-state index contributed by atoms with van der Waals surface area (Å²) in [6.45, 7) is 1.28. The lowest BCUT2D eigenvalue weighted by molar-refractivity contribution is -0.384. The van der Waals surface area contributed by atoms with Crippen molar-refractivity contribution in [2.24, 2.45) is 0 Å². The average molecular weight is 295 g/mol. The topological polar surface area (TPSA) is 114 Å². The summed E-state index contributed by atoms with van der Waals surface area (Å²) in [6, 6.07) is 3.47. The standard InChI is InChI=1S/C13H17N3O5/c1-21-13(4-6-14-7-5-13)12(18)15-10-8-9(16(19)20)2-3-11(10)17/h2-3,8,14,17H,4-7H2,1H3,(H,15,18). The summed E-state index contributed by atoms with van der Waals surface area (Å²) in [5.41, 5.74) is -1.19. The Bertz CT molecular complexity index is 555. The van der Waals surface area contributed by atoms with E-state index in [0.29, 0.717) is 25.9 Å². The van der Waals surface area contributed by atoms with Crippen LogP contribution in [0, 0.1) is 10.1 Å². The maximum atomic E-state index is 12.4. The summed E-state index contributed by atoms with van der Waals surface area (Å²) >= 11 is 0. The number of nitrogens with zero attached hydrogens (tertiary/aromatic N) is 1. The normalized spacial score (nSPS) is 17.2. The smallest absolute Gasteiger partial charge is 0.271 e. The van der Waals surface area contributed by atoms with E-state index in [-0.39, 0.29) is 17.1 Å². The molecule has 1 aromatic carbocycles. The first-order chi connectivity index (χ1) is 9.98. The van der Waals surface area contributed by atoms with Crippen LogP contribution in [0.4, 0.5) is 11.4 Å². The lowest BCUT2D eigenvalue weighted by Gasteiger charge is -2.34. The highest BCUT2D eigenvalue weighted by atomic mass is 16.6. The molecular weight excluding hydrogens is 278 g/mol. The molecule has 0 bridgehead atoms. The minimum Gasteiger partial charge on any atom is -0.506 e. The Hall–Kier alpha value is -2.19. The van der Waals surface area contributed by atoms with E-state index in [1.807, 2.05) is 0 Å². The van der Waals surface area contributed by atoms with Gasteiger partial charge in [0.05, 0.1) is 10.6 Å². The molecule has 0 unspecified atom stereocenters. The Kier molecular flexibility index (Phi) is 4.39. The summed E-state index contributed by atoms with van der Waals surface area (Å²) in [4.78, 5) is 22.6. The number of phenolic OH excluding ortho intramolecular Hbond substituents is 1. The first-order valence-corrected chi connectivity index (χ1v) is 6.53. The van der Waals surface area contributed by atoms with Gasteiger partial charge in [-0.05, 0) is 32.0 Å². The number of carbonyl (C=O) groups excluding carboxylic acids is 1. The van der Waals surface area contributed by atoms with Gasteiger partial charge in [0.1, 0.15) is 11.4 Å². The molecule has 0 atom stereocenters. The molecular formula is C13H17N3O5. The van der Waals surface area contributed by atoms with Crippen LogP contribution in [-0.4, -0.2) is 41.7 Å². The second kappa shape index (κ2) is 6.06. The number of phenols is 1. The van der Waals surface area contributed by atoms with Crippen molar-refractivity contribution >= 4 is 17.3 Å². The third kappa shape index (κ3) is 3.11.